The van der Waals surface area contributed by atoms with E-state index in [0.717, 1.165) is 5.56 Å². The van der Waals surface area contributed by atoms with E-state index < -0.39 is 14.4 Å². The quantitative estimate of drug-likeness (QED) is 0.527. The van der Waals surface area contributed by atoms with Crippen molar-refractivity contribution in [2.45, 2.75) is 11.8 Å². The lowest BCUT2D eigenvalue weighted by Crippen LogP contribution is -2.12. The molecular formula is C7H7NO4S. The maximum atomic E-state index is 10.9. The number of hydrogen-bond donors (Lipinski definition) is 0. The van der Waals surface area contributed by atoms with Crippen molar-refractivity contribution in [3.63, 3.8) is 0 Å². The fraction of sp³-hybridized carbons (Fsp3) is 0.143. The first-order valence-electron chi connectivity index (χ1n) is 3.41. The molecule has 5 nitrogen and oxygen atoms in total. The van der Waals surface area contributed by atoms with E-state index in [1.165, 1.54) is 24.3 Å². The normalized spacial score (nSPS) is 11.2. The molecule has 1 aromatic carbocycles. The second kappa shape index (κ2) is 3.14. The van der Waals surface area contributed by atoms with Crippen molar-refractivity contribution >= 4 is 10.0 Å². The van der Waals surface area contributed by atoms with Gasteiger partial charge in [0.15, 0.2) is 4.33 Å². The first-order valence-corrected chi connectivity index (χ1v) is 4.85. The van der Waals surface area contributed by atoms with E-state index in [4.69, 9.17) is 0 Å². The van der Waals surface area contributed by atoms with Crippen LogP contribution in [0.5, 0.6) is 0 Å². The second-order valence-corrected chi connectivity index (χ2v) is 4.23. The Hall–Kier alpha value is -1.43. The van der Waals surface area contributed by atoms with Gasteiger partial charge in [0.05, 0.1) is 0 Å². The molecule has 6 heteroatoms. The number of nitrogens with zero attached hydrogens (tertiary/aromatic N) is 1. The van der Waals surface area contributed by atoms with E-state index >= 15 is 0 Å². The predicted molar refractivity (Wildman–Crippen MR) is 45.4 cm³/mol. The molecule has 1 aromatic rings. The van der Waals surface area contributed by atoms with Crippen molar-refractivity contribution in [3.8, 4) is 0 Å². The zero-order chi connectivity index (χ0) is 10.1. The lowest BCUT2D eigenvalue weighted by Gasteiger charge is -1.95. The largest absolute Gasteiger partial charge is 0.448 e. The van der Waals surface area contributed by atoms with E-state index in [-0.39, 0.29) is 4.90 Å². The summed E-state index contributed by atoms with van der Waals surface area (Å²) in [6.07, 6.45) is 0. The number of rotatable bonds is 2. The summed E-state index contributed by atoms with van der Waals surface area (Å²) in [4.78, 5) is 9.84. The minimum absolute atomic E-state index is 0.289. The van der Waals surface area contributed by atoms with Gasteiger partial charge in [-0.05, 0) is 19.1 Å². The third kappa shape index (κ3) is 1.83. The standard InChI is InChI=1S/C7H7NO4S/c1-6-2-4-7(5-3-6)13(11,12)8(9)10/h2-5H,1H3. The third-order valence-corrected chi connectivity index (χ3v) is 2.78. The van der Waals surface area contributed by atoms with Crippen LogP contribution in [0.4, 0.5) is 0 Å². The van der Waals surface area contributed by atoms with Gasteiger partial charge < -0.3 is 0 Å². The van der Waals surface area contributed by atoms with Crippen molar-refractivity contribution in [1.29, 1.82) is 0 Å². The average Bonchev–Trinajstić information content (AvgIpc) is 2.04. The third-order valence-electron chi connectivity index (χ3n) is 1.52. The van der Waals surface area contributed by atoms with Crippen LogP contribution in [0, 0.1) is 17.0 Å². The SMILES string of the molecule is Cc1ccc(S(=O)(=O)[N+](=O)[O-])cc1. The molecule has 0 amide bonds. The van der Waals surface area contributed by atoms with Gasteiger partial charge >= 0.3 is 10.0 Å². The highest BCUT2D eigenvalue weighted by atomic mass is 32.2. The van der Waals surface area contributed by atoms with Crippen molar-refractivity contribution in [1.82, 2.24) is 0 Å². The molecule has 0 radical (unpaired) electrons. The van der Waals surface area contributed by atoms with Crippen LogP contribution in [0.25, 0.3) is 0 Å². The van der Waals surface area contributed by atoms with Crippen molar-refractivity contribution in [3.05, 3.63) is 39.9 Å². The van der Waals surface area contributed by atoms with E-state index in [9.17, 15) is 18.5 Å². The van der Waals surface area contributed by atoms with Crippen LogP contribution in [0.15, 0.2) is 29.2 Å². The smallest absolute Gasteiger partial charge is 0.247 e. The summed E-state index contributed by atoms with van der Waals surface area (Å²) in [5, 5.41) is 10.1. The van der Waals surface area contributed by atoms with Gasteiger partial charge in [-0.25, -0.2) is 10.1 Å². The molecule has 0 atom stereocenters. The summed E-state index contributed by atoms with van der Waals surface area (Å²) >= 11 is 0. The average molecular weight is 201 g/mol. The first kappa shape index (κ1) is 9.66. The number of sulfonamides is 1. The summed E-state index contributed by atoms with van der Waals surface area (Å²) in [7, 11) is -4.37. The summed E-state index contributed by atoms with van der Waals surface area (Å²) < 4.78 is 20.6. The molecule has 1 rings (SSSR count). The Bertz CT molecular complexity index is 420. The first-order chi connectivity index (χ1) is 5.94. The molecule has 0 saturated carbocycles. The molecule has 0 bridgehead atoms. The van der Waals surface area contributed by atoms with Gasteiger partial charge in [-0.3, -0.25) is 0 Å². The molecule has 0 aliphatic carbocycles. The molecule has 0 saturated heterocycles. The van der Waals surface area contributed by atoms with Crippen LogP contribution in [-0.2, 0) is 10.0 Å². The van der Waals surface area contributed by atoms with Gasteiger partial charge in [0.25, 0.3) is 0 Å². The van der Waals surface area contributed by atoms with Crippen molar-refractivity contribution in [2.24, 2.45) is 0 Å². The lowest BCUT2D eigenvalue weighted by molar-refractivity contribution is -0.305. The van der Waals surface area contributed by atoms with Crippen LogP contribution in [0.3, 0.4) is 0 Å². The van der Waals surface area contributed by atoms with Crippen LogP contribution in [0.2, 0.25) is 0 Å². The maximum Gasteiger partial charge on any atom is 0.448 e. The maximum absolute atomic E-state index is 10.9. The minimum Gasteiger partial charge on any atom is -0.247 e. The molecule has 70 valence electrons. The predicted octanol–water partition coefficient (Wildman–Crippen LogP) is 0.960. The lowest BCUT2D eigenvalue weighted by atomic mass is 10.2. The van der Waals surface area contributed by atoms with E-state index in [1.807, 2.05) is 0 Å². The van der Waals surface area contributed by atoms with Gasteiger partial charge in [0.2, 0.25) is 0 Å². The molecule has 0 aromatic heterocycles. The van der Waals surface area contributed by atoms with Crippen LogP contribution in [0.1, 0.15) is 5.56 Å². The van der Waals surface area contributed by atoms with Crippen LogP contribution >= 0.6 is 0 Å². The fourth-order valence-corrected chi connectivity index (χ4v) is 1.45. The molecule has 0 heterocycles. The van der Waals surface area contributed by atoms with E-state index in [2.05, 4.69) is 0 Å². The minimum atomic E-state index is -4.37. The monoisotopic (exact) mass is 201 g/mol. The molecular weight excluding hydrogens is 194 g/mol. The highest BCUT2D eigenvalue weighted by Crippen LogP contribution is 2.11. The number of hydrogen-bond acceptors (Lipinski definition) is 4. The van der Waals surface area contributed by atoms with E-state index in [1.54, 1.807) is 6.92 Å². The number of aryl methyl sites for hydroxylation is 1. The molecule has 0 unspecified atom stereocenters. The molecule has 0 aliphatic heterocycles. The zero-order valence-electron chi connectivity index (χ0n) is 6.80. The summed E-state index contributed by atoms with van der Waals surface area (Å²) in [5.41, 5.74) is 0.849. The van der Waals surface area contributed by atoms with Gasteiger partial charge in [-0.2, -0.15) is 8.42 Å². The van der Waals surface area contributed by atoms with Crippen LogP contribution in [-0.4, -0.2) is 12.7 Å². The molecule has 13 heavy (non-hydrogen) atoms. The Morgan fingerprint density at radius 2 is 1.69 bits per heavy atom. The van der Waals surface area contributed by atoms with Crippen molar-refractivity contribution in [2.75, 3.05) is 0 Å². The summed E-state index contributed by atoms with van der Waals surface area (Å²) in [5.74, 6) is 0. The second-order valence-electron chi connectivity index (χ2n) is 2.51. The van der Waals surface area contributed by atoms with Crippen LogP contribution < -0.4 is 0 Å². The topological polar surface area (TPSA) is 77.3 Å². The zero-order valence-corrected chi connectivity index (χ0v) is 7.61. The molecule has 0 fully saturated rings. The van der Waals surface area contributed by atoms with Crippen molar-refractivity contribution < 1.29 is 12.7 Å². The van der Waals surface area contributed by atoms with Gasteiger partial charge in [-0.15, -0.1) is 0 Å². The number of nitro groups is 1. The highest BCUT2D eigenvalue weighted by Gasteiger charge is 2.25. The Morgan fingerprint density at radius 1 is 1.23 bits per heavy atom. The van der Waals surface area contributed by atoms with Gasteiger partial charge in [-0.1, -0.05) is 17.7 Å². The summed E-state index contributed by atoms with van der Waals surface area (Å²) in [6.45, 7) is 1.77. The molecule has 0 spiro atoms. The molecule has 0 N–H and O–H groups in total. The molecule has 0 aliphatic rings. The van der Waals surface area contributed by atoms with Gasteiger partial charge in [0.1, 0.15) is 4.90 Å². The Morgan fingerprint density at radius 3 is 2.08 bits per heavy atom. The number of benzene rings is 1. The Balaban J connectivity index is 3.25. The Kier molecular flexibility index (Phi) is 2.33. The summed E-state index contributed by atoms with van der Waals surface area (Å²) in [6, 6.07) is 5.45. The van der Waals surface area contributed by atoms with Gasteiger partial charge in [0, 0.05) is 0 Å². The van der Waals surface area contributed by atoms with E-state index in [0.29, 0.717) is 0 Å². The Labute approximate surface area is 75.2 Å². The highest BCUT2D eigenvalue weighted by molar-refractivity contribution is 7.85. The fourth-order valence-electron chi connectivity index (χ4n) is 0.796.